The Morgan fingerprint density at radius 3 is 1.88 bits per heavy atom. The fourth-order valence-electron chi connectivity index (χ4n) is 0.722. The molecule has 0 aromatic rings. The first-order valence-electron chi connectivity index (χ1n) is 3.27. The Balaban J connectivity index is 3.07. The SMILES string of the molecule is CC[N+](CC)CCN. The molecule has 8 heavy (non-hydrogen) atoms. The molecule has 1 radical (unpaired) electrons. The summed E-state index contributed by atoms with van der Waals surface area (Å²) in [5, 5.41) is 0. The van der Waals surface area contributed by atoms with E-state index in [-0.39, 0.29) is 0 Å². The minimum absolute atomic E-state index is 0.779. The maximum absolute atomic E-state index is 5.34. The molecule has 0 saturated carbocycles. The highest BCUT2D eigenvalue weighted by atomic mass is 15.1. The van der Waals surface area contributed by atoms with E-state index in [4.69, 9.17) is 5.73 Å². The van der Waals surface area contributed by atoms with Crippen molar-refractivity contribution in [1.29, 1.82) is 0 Å². The number of hydrogen-bond donors (Lipinski definition) is 1. The maximum Gasteiger partial charge on any atom is 0.135 e. The summed E-state index contributed by atoms with van der Waals surface area (Å²) in [7, 11) is 0. The fraction of sp³-hybridized carbons (Fsp3) is 1.00. The summed E-state index contributed by atoms with van der Waals surface area (Å²) in [5.41, 5.74) is 5.34. The number of nitrogens with two attached hydrogens (primary N) is 1. The number of hydrogen-bond acceptors (Lipinski definition) is 2. The van der Waals surface area contributed by atoms with Crippen LogP contribution in [0.4, 0.5) is 0 Å². The zero-order valence-corrected chi connectivity index (χ0v) is 5.85. The lowest BCUT2D eigenvalue weighted by Gasteiger charge is -2.04. The highest BCUT2D eigenvalue weighted by molar-refractivity contribution is 4.57. The summed E-state index contributed by atoms with van der Waals surface area (Å²) < 4.78 is 0. The van der Waals surface area contributed by atoms with Gasteiger partial charge in [-0.05, 0) is 13.8 Å². The molecule has 0 aliphatic heterocycles. The molecule has 2 nitrogen and oxygen atoms in total. The minimum atomic E-state index is 0.779. The molecule has 2 N–H and O–H groups in total. The second-order valence-corrected chi connectivity index (χ2v) is 1.82. The van der Waals surface area contributed by atoms with E-state index in [0.29, 0.717) is 0 Å². The molecule has 0 amide bonds. The third-order valence-corrected chi connectivity index (χ3v) is 1.34. The van der Waals surface area contributed by atoms with Gasteiger partial charge in [-0.2, -0.15) is 4.90 Å². The molecule has 2 heteroatoms. The van der Waals surface area contributed by atoms with Gasteiger partial charge in [0.1, 0.15) is 19.6 Å². The van der Waals surface area contributed by atoms with Gasteiger partial charge in [-0.1, -0.05) is 0 Å². The Bertz CT molecular complexity index is 41.8. The van der Waals surface area contributed by atoms with Crippen LogP contribution in [0.3, 0.4) is 0 Å². The van der Waals surface area contributed by atoms with Gasteiger partial charge < -0.3 is 5.73 Å². The summed E-state index contributed by atoms with van der Waals surface area (Å²) in [4.78, 5) is 2.31. The van der Waals surface area contributed by atoms with Crippen molar-refractivity contribution < 1.29 is 0 Å². The molecule has 0 rings (SSSR count). The maximum atomic E-state index is 5.34. The van der Waals surface area contributed by atoms with Crippen molar-refractivity contribution in [2.75, 3.05) is 26.2 Å². The van der Waals surface area contributed by atoms with Gasteiger partial charge >= 0.3 is 0 Å². The highest BCUT2D eigenvalue weighted by Crippen LogP contribution is 1.76. The number of nitrogens with zero attached hydrogens (tertiary/aromatic N) is 1. The Kier molecular flexibility index (Phi) is 5.01. The normalized spacial score (nSPS) is 10.5. The van der Waals surface area contributed by atoms with Crippen molar-refractivity contribution in [3.8, 4) is 0 Å². The molecule has 49 valence electrons. The van der Waals surface area contributed by atoms with Gasteiger partial charge in [0.15, 0.2) is 0 Å². The lowest BCUT2D eigenvalue weighted by Crippen LogP contribution is -2.34. The van der Waals surface area contributed by atoms with Crippen LogP contribution >= 0.6 is 0 Å². The molecule has 0 aromatic heterocycles. The summed E-state index contributed by atoms with van der Waals surface area (Å²) in [6.07, 6.45) is 0. The predicted octanol–water partition coefficient (Wildman–Crippen LogP) is 0.125. The van der Waals surface area contributed by atoms with E-state index in [2.05, 4.69) is 18.7 Å². The monoisotopic (exact) mass is 116 g/mol. The van der Waals surface area contributed by atoms with Crippen LogP contribution in [0.2, 0.25) is 0 Å². The van der Waals surface area contributed by atoms with Gasteiger partial charge in [0.25, 0.3) is 0 Å². The first-order chi connectivity index (χ1) is 3.85. The van der Waals surface area contributed by atoms with E-state index >= 15 is 0 Å². The summed E-state index contributed by atoms with van der Waals surface area (Å²) in [6, 6.07) is 0. The molecule has 0 bridgehead atoms. The van der Waals surface area contributed by atoms with Crippen LogP contribution in [0.25, 0.3) is 0 Å². The van der Waals surface area contributed by atoms with Gasteiger partial charge in [-0.15, -0.1) is 0 Å². The summed E-state index contributed by atoms with van der Waals surface area (Å²) >= 11 is 0. The van der Waals surface area contributed by atoms with E-state index in [0.717, 1.165) is 26.2 Å². The van der Waals surface area contributed by atoms with Crippen LogP contribution < -0.4 is 10.6 Å². The van der Waals surface area contributed by atoms with Crippen molar-refractivity contribution >= 4 is 0 Å². The van der Waals surface area contributed by atoms with E-state index in [1.54, 1.807) is 0 Å². The van der Waals surface area contributed by atoms with E-state index < -0.39 is 0 Å². The van der Waals surface area contributed by atoms with Gasteiger partial charge in [0.2, 0.25) is 0 Å². The zero-order chi connectivity index (χ0) is 6.41. The second-order valence-electron chi connectivity index (χ2n) is 1.82. The first-order valence-corrected chi connectivity index (χ1v) is 3.27. The van der Waals surface area contributed by atoms with Crippen LogP contribution in [-0.4, -0.2) is 26.2 Å². The van der Waals surface area contributed by atoms with Crippen molar-refractivity contribution in [3.63, 3.8) is 0 Å². The molecule has 0 fully saturated rings. The third-order valence-electron chi connectivity index (χ3n) is 1.34. The molecular weight excluding hydrogens is 100 g/mol. The number of rotatable bonds is 4. The number of likely N-dealkylation sites (N-methyl/N-ethyl adjacent to an activating group) is 1. The average molecular weight is 116 g/mol. The van der Waals surface area contributed by atoms with Crippen LogP contribution in [-0.2, 0) is 0 Å². The van der Waals surface area contributed by atoms with Gasteiger partial charge in [0.05, 0.1) is 0 Å². The van der Waals surface area contributed by atoms with Gasteiger partial charge in [0, 0.05) is 6.54 Å². The molecule has 0 saturated heterocycles. The summed E-state index contributed by atoms with van der Waals surface area (Å²) in [6.45, 7) is 8.36. The smallest absolute Gasteiger partial charge is 0.135 e. The highest BCUT2D eigenvalue weighted by Gasteiger charge is 2.04. The fourth-order valence-corrected chi connectivity index (χ4v) is 0.722. The molecule has 0 spiro atoms. The zero-order valence-electron chi connectivity index (χ0n) is 5.85. The van der Waals surface area contributed by atoms with Gasteiger partial charge in [-0.25, -0.2) is 0 Å². The van der Waals surface area contributed by atoms with Crippen LogP contribution in [0, 0.1) is 0 Å². The standard InChI is InChI=1S/C6H16N2/c1-3-8(4-2)6-5-7/h3-7H2,1-2H3/q+1. The predicted molar refractivity (Wildman–Crippen MR) is 37.1 cm³/mol. The van der Waals surface area contributed by atoms with Crippen LogP contribution in [0.15, 0.2) is 0 Å². The Morgan fingerprint density at radius 1 is 1.25 bits per heavy atom. The van der Waals surface area contributed by atoms with Crippen LogP contribution in [0.5, 0.6) is 0 Å². The van der Waals surface area contributed by atoms with E-state index in [9.17, 15) is 0 Å². The lowest BCUT2D eigenvalue weighted by molar-refractivity contribution is 0.453. The van der Waals surface area contributed by atoms with Gasteiger partial charge in [-0.3, -0.25) is 0 Å². The van der Waals surface area contributed by atoms with Crippen LogP contribution in [0.1, 0.15) is 13.8 Å². The molecule has 0 atom stereocenters. The largest absolute Gasteiger partial charge is 0.325 e. The van der Waals surface area contributed by atoms with Crippen molar-refractivity contribution in [2.24, 2.45) is 5.73 Å². The lowest BCUT2D eigenvalue weighted by atomic mass is 10.5. The van der Waals surface area contributed by atoms with E-state index in [1.807, 2.05) is 0 Å². The molecule has 0 aromatic carbocycles. The van der Waals surface area contributed by atoms with Crippen molar-refractivity contribution in [1.82, 2.24) is 4.90 Å². The topological polar surface area (TPSA) is 31.9 Å². The Morgan fingerprint density at radius 2 is 1.75 bits per heavy atom. The molecule has 0 aliphatic carbocycles. The molecule has 0 heterocycles. The Hall–Kier alpha value is -0.0800. The third kappa shape index (κ3) is 2.99. The van der Waals surface area contributed by atoms with Crippen molar-refractivity contribution in [3.05, 3.63) is 0 Å². The molecule has 0 unspecified atom stereocenters. The first kappa shape index (κ1) is 7.92. The summed E-state index contributed by atoms with van der Waals surface area (Å²) in [5.74, 6) is 0. The minimum Gasteiger partial charge on any atom is -0.325 e. The second kappa shape index (κ2) is 5.06. The Labute approximate surface area is 51.7 Å². The molecular formula is C6H16N2+. The average Bonchev–Trinajstić information content (AvgIpc) is 1.83. The molecule has 0 aliphatic rings. The quantitative estimate of drug-likeness (QED) is 0.520. The van der Waals surface area contributed by atoms with Crippen molar-refractivity contribution in [2.45, 2.75) is 13.8 Å². The van der Waals surface area contributed by atoms with E-state index in [1.165, 1.54) is 0 Å².